The Hall–Kier alpha value is -1.22. The van der Waals surface area contributed by atoms with Gasteiger partial charge in [0.15, 0.2) is 0 Å². The molecule has 0 saturated heterocycles. The molecule has 0 unspecified atom stereocenters. The Morgan fingerprint density at radius 2 is 1.35 bits per heavy atom. The highest BCUT2D eigenvalue weighted by Gasteiger charge is 2.03. The molecule has 0 aliphatic carbocycles. The van der Waals surface area contributed by atoms with E-state index in [4.69, 9.17) is 14.2 Å². The zero-order valence-corrected chi connectivity index (χ0v) is 16.6. The van der Waals surface area contributed by atoms with Crippen LogP contribution in [-0.4, -0.2) is 78.1 Å². The first-order chi connectivity index (χ1) is 12.6. The molecule has 0 heterocycles. The van der Waals surface area contributed by atoms with E-state index in [1.54, 1.807) is 0 Å². The molecule has 0 spiro atoms. The highest BCUT2D eigenvalue weighted by Crippen LogP contribution is 1.97. The summed E-state index contributed by atoms with van der Waals surface area (Å²) in [7, 11) is 1.89. The lowest BCUT2D eigenvalue weighted by atomic mass is 10.1. The van der Waals surface area contributed by atoms with Crippen molar-refractivity contribution >= 4 is 11.8 Å². The third-order valence-corrected chi connectivity index (χ3v) is 3.31. The van der Waals surface area contributed by atoms with Crippen molar-refractivity contribution in [3.63, 3.8) is 0 Å². The summed E-state index contributed by atoms with van der Waals surface area (Å²) in [5, 5.41) is 8.67. The molecule has 2 amide bonds. The van der Waals surface area contributed by atoms with E-state index >= 15 is 0 Å². The number of hydrogen-bond acceptors (Lipinski definition) is 6. The lowest BCUT2D eigenvalue weighted by molar-refractivity contribution is -0.123. The predicted octanol–water partition coefficient (Wildman–Crippen LogP) is 0.314. The van der Waals surface area contributed by atoms with E-state index in [0.717, 1.165) is 13.0 Å². The van der Waals surface area contributed by atoms with Gasteiger partial charge in [0.1, 0.15) is 0 Å². The average molecular weight is 376 g/mol. The van der Waals surface area contributed by atoms with Crippen molar-refractivity contribution in [2.24, 2.45) is 5.92 Å². The van der Waals surface area contributed by atoms with E-state index in [1.807, 2.05) is 20.9 Å². The van der Waals surface area contributed by atoms with Gasteiger partial charge in [-0.2, -0.15) is 0 Å². The number of nitrogens with one attached hydrogen (secondary N) is 3. The van der Waals surface area contributed by atoms with Crippen LogP contribution in [0.5, 0.6) is 0 Å². The maximum absolute atomic E-state index is 11.5. The van der Waals surface area contributed by atoms with Gasteiger partial charge in [0, 0.05) is 25.9 Å². The molecule has 8 heteroatoms. The Bertz CT molecular complexity index is 354. The molecule has 26 heavy (non-hydrogen) atoms. The third kappa shape index (κ3) is 19.1. The van der Waals surface area contributed by atoms with Gasteiger partial charge >= 0.3 is 0 Å². The molecule has 154 valence electrons. The summed E-state index contributed by atoms with van der Waals surface area (Å²) < 4.78 is 16.1. The van der Waals surface area contributed by atoms with Gasteiger partial charge in [0.25, 0.3) is 0 Å². The molecule has 0 aliphatic heterocycles. The molecule has 0 rings (SSSR count). The van der Waals surface area contributed by atoms with Gasteiger partial charge in [-0.1, -0.05) is 13.8 Å². The second-order valence-electron chi connectivity index (χ2n) is 6.34. The molecular weight excluding hydrogens is 338 g/mol. The Balaban J connectivity index is 3.20. The minimum absolute atomic E-state index is 0.0101. The minimum atomic E-state index is 0.0101. The number of carbonyl (C=O) groups is 2. The molecule has 0 fully saturated rings. The topological polar surface area (TPSA) is 97.9 Å². The number of carbonyl (C=O) groups excluding carboxylic acids is 2. The molecule has 0 aromatic heterocycles. The van der Waals surface area contributed by atoms with Crippen molar-refractivity contribution in [3.05, 3.63) is 0 Å². The van der Waals surface area contributed by atoms with E-state index in [1.165, 1.54) is 0 Å². The fourth-order valence-corrected chi connectivity index (χ4v) is 1.99. The highest BCUT2D eigenvalue weighted by molar-refractivity contribution is 5.76. The average Bonchev–Trinajstić information content (AvgIpc) is 2.59. The SMILES string of the molecule is CNCCCNC(=O)CCOCCOCCOCCNC(=O)CC(C)C. The second-order valence-corrected chi connectivity index (χ2v) is 6.34. The summed E-state index contributed by atoms with van der Waals surface area (Å²) in [6.45, 7) is 8.89. The molecule has 8 nitrogen and oxygen atoms in total. The number of rotatable bonds is 18. The van der Waals surface area contributed by atoms with E-state index < -0.39 is 0 Å². The molecule has 0 saturated carbocycles. The molecule has 0 radical (unpaired) electrons. The van der Waals surface area contributed by atoms with Crippen LogP contribution >= 0.6 is 0 Å². The van der Waals surface area contributed by atoms with Crippen LogP contribution in [0.4, 0.5) is 0 Å². The van der Waals surface area contributed by atoms with Crippen molar-refractivity contribution in [2.45, 2.75) is 33.1 Å². The third-order valence-electron chi connectivity index (χ3n) is 3.31. The first-order valence-electron chi connectivity index (χ1n) is 9.47. The number of ether oxygens (including phenoxy) is 3. The molecule has 0 atom stereocenters. The zero-order valence-electron chi connectivity index (χ0n) is 16.6. The molecule has 0 aromatic rings. The Morgan fingerprint density at radius 3 is 1.96 bits per heavy atom. The van der Waals surface area contributed by atoms with Gasteiger partial charge in [-0.15, -0.1) is 0 Å². The van der Waals surface area contributed by atoms with Crippen LogP contribution in [0.3, 0.4) is 0 Å². The van der Waals surface area contributed by atoms with Crippen LogP contribution in [0.25, 0.3) is 0 Å². The maximum Gasteiger partial charge on any atom is 0.222 e. The van der Waals surface area contributed by atoms with E-state index in [-0.39, 0.29) is 11.8 Å². The van der Waals surface area contributed by atoms with Gasteiger partial charge in [0.2, 0.25) is 11.8 Å². The molecule has 0 aromatic carbocycles. The molecule has 0 aliphatic rings. The first-order valence-corrected chi connectivity index (χ1v) is 9.47. The van der Waals surface area contributed by atoms with Crippen molar-refractivity contribution in [1.29, 1.82) is 0 Å². The summed E-state index contributed by atoms with van der Waals surface area (Å²) in [5.41, 5.74) is 0. The first kappa shape index (κ1) is 24.8. The van der Waals surface area contributed by atoms with E-state index in [0.29, 0.717) is 71.5 Å². The lowest BCUT2D eigenvalue weighted by Gasteiger charge is -2.09. The Morgan fingerprint density at radius 1 is 0.769 bits per heavy atom. The Kier molecular flexibility index (Phi) is 17.7. The highest BCUT2D eigenvalue weighted by atomic mass is 16.5. The fraction of sp³-hybridized carbons (Fsp3) is 0.889. The predicted molar refractivity (Wildman–Crippen MR) is 101 cm³/mol. The summed E-state index contributed by atoms with van der Waals surface area (Å²) >= 11 is 0. The van der Waals surface area contributed by atoms with Gasteiger partial charge in [-0.3, -0.25) is 9.59 Å². The van der Waals surface area contributed by atoms with E-state index in [2.05, 4.69) is 16.0 Å². The summed E-state index contributed by atoms with van der Waals surface area (Å²) in [5.74, 6) is 0.434. The lowest BCUT2D eigenvalue weighted by Crippen LogP contribution is -2.28. The van der Waals surface area contributed by atoms with Crippen LogP contribution in [0.15, 0.2) is 0 Å². The van der Waals surface area contributed by atoms with Gasteiger partial charge < -0.3 is 30.2 Å². The fourth-order valence-electron chi connectivity index (χ4n) is 1.99. The van der Waals surface area contributed by atoms with Crippen molar-refractivity contribution < 1.29 is 23.8 Å². The smallest absolute Gasteiger partial charge is 0.222 e. The number of hydrogen-bond donors (Lipinski definition) is 3. The van der Waals surface area contributed by atoms with Crippen LogP contribution < -0.4 is 16.0 Å². The second kappa shape index (κ2) is 18.6. The van der Waals surface area contributed by atoms with Gasteiger partial charge in [0.05, 0.1) is 39.6 Å². The van der Waals surface area contributed by atoms with Crippen molar-refractivity contribution in [3.8, 4) is 0 Å². The van der Waals surface area contributed by atoms with E-state index in [9.17, 15) is 9.59 Å². The molecule has 0 bridgehead atoms. The van der Waals surface area contributed by atoms with Crippen molar-refractivity contribution in [1.82, 2.24) is 16.0 Å². The van der Waals surface area contributed by atoms with Crippen LogP contribution in [0.1, 0.15) is 33.1 Å². The summed E-state index contributed by atoms with van der Waals surface area (Å²) in [6.07, 6.45) is 1.83. The number of amides is 2. The Labute approximate surface area is 157 Å². The quantitative estimate of drug-likeness (QED) is 0.298. The standard InChI is InChI=1S/C18H37N3O5/c1-16(2)15-18(23)21-8-10-25-12-14-26-13-11-24-9-5-17(22)20-7-4-6-19-3/h16,19H,4-15H2,1-3H3,(H,20,22)(H,21,23). The normalized spacial score (nSPS) is 10.9. The van der Waals surface area contributed by atoms with Crippen molar-refractivity contribution in [2.75, 3.05) is 66.3 Å². The monoisotopic (exact) mass is 375 g/mol. The van der Waals surface area contributed by atoms with Gasteiger partial charge in [-0.05, 0) is 25.9 Å². The minimum Gasteiger partial charge on any atom is -0.379 e. The zero-order chi connectivity index (χ0) is 19.5. The largest absolute Gasteiger partial charge is 0.379 e. The van der Waals surface area contributed by atoms with Crippen LogP contribution in [-0.2, 0) is 23.8 Å². The van der Waals surface area contributed by atoms with Gasteiger partial charge in [-0.25, -0.2) is 0 Å². The maximum atomic E-state index is 11.5. The summed E-state index contributed by atoms with van der Waals surface area (Å²) in [4.78, 5) is 22.9. The molecule has 3 N–H and O–H groups in total. The summed E-state index contributed by atoms with van der Waals surface area (Å²) in [6, 6.07) is 0. The molecular formula is C18H37N3O5. The van der Waals surface area contributed by atoms with Crippen LogP contribution in [0.2, 0.25) is 0 Å². The van der Waals surface area contributed by atoms with Crippen LogP contribution in [0, 0.1) is 5.92 Å².